The van der Waals surface area contributed by atoms with Crippen molar-refractivity contribution in [1.82, 2.24) is 10.8 Å². The number of benzene rings is 3. The van der Waals surface area contributed by atoms with Crippen LogP contribution >= 0.6 is 11.8 Å². The van der Waals surface area contributed by atoms with Gasteiger partial charge in [0.25, 0.3) is 11.8 Å². The lowest BCUT2D eigenvalue weighted by Crippen LogP contribution is -2.40. The van der Waals surface area contributed by atoms with Crippen LogP contribution in [0.5, 0.6) is 5.75 Å². The van der Waals surface area contributed by atoms with Gasteiger partial charge < -0.3 is 14.5 Å². The molecule has 0 aliphatic rings. The lowest BCUT2D eigenvalue weighted by Gasteiger charge is -2.19. The van der Waals surface area contributed by atoms with Gasteiger partial charge in [0.15, 0.2) is 5.76 Å². The van der Waals surface area contributed by atoms with Crippen LogP contribution in [-0.2, 0) is 5.75 Å². The van der Waals surface area contributed by atoms with Gasteiger partial charge >= 0.3 is 0 Å². The third-order valence-corrected chi connectivity index (χ3v) is 6.26. The highest BCUT2D eigenvalue weighted by Crippen LogP contribution is 2.20. The Balaban J connectivity index is 1.40. The first-order valence-corrected chi connectivity index (χ1v) is 11.9. The van der Waals surface area contributed by atoms with E-state index in [0.717, 1.165) is 11.1 Å². The molecule has 0 saturated carbocycles. The molecular formula is C26H24N2O5S. The smallest absolute Gasteiger partial charge is 0.287 e. The van der Waals surface area contributed by atoms with Gasteiger partial charge in [-0.15, -0.1) is 0 Å². The average Bonchev–Trinajstić information content (AvgIpc) is 3.32. The number of carbonyl (C=O) groups excluding carboxylic acids is 2. The lowest BCUT2D eigenvalue weighted by atomic mass is 10.2. The molecule has 8 heteroatoms. The summed E-state index contributed by atoms with van der Waals surface area (Å²) in [6.45, 7) is 0.235. The van der Waals surface area contributed by atoms with Crippen LogP contribution in [0.25, 0.3) is 11.0 Å². The number of furan rings is 1. The molecule has 2 amide bonds. The zero-order valence-electron chi connectivity index (χ0n) is 18.3. The van der Waals surface area contributed by atoms with E-state index in [4.69, 9.17) is 14.4 Å². The van der Waals surface area contributed by atoms with E-state index in [2.05, 4.69) is 17.4 Å². The number of fused-ring (bicyclic) bond motifs is 1. The second-order valence-electron chi connectivity index (χ2n) is 7.60. The number of hydrogen-bond donors (Lipinski definition) is 3. The molecule has 0 spiro atoms. The topological polar surface area (TPSA) is 101 Å². The van der Waals surface area contributed by atoms with Gasteiger partial charge in [-0.2, -0.15) is 11.8 Å². The SMILES string of the molecule is O=C(NO)c1ccc(OC[C@H](CSCc2ccccc2)NC(=O)c2cc3ccccc3o2)cc1. The van der Waals surface area contributed by atoms with Crippen molar-refractivity contribution in [3.8, 4) is 5.75 Å². The second-order valence-corrected chi connectivity index (χ2v) is 8.63. The molecule has 1 aromatic heterocycles. The third-order valence-electron chi connectivity index (χ3n) is 5.08. The summed E-state index contributed by atoms with van der Waals surface area (Å²) in [7, 11) is 0. The number of nitrogens with one attached hydrogen (secondary N) is 2. The van der Waals surface area contributed by atoms with Crippen LogP contribution in [0, 0.1) is 0 Å². The molecule has 1 heterocycles. The largest absolute Gasteiger partial charge is 0.491 e. The fraction of sp³-hybridized carbons (Fsp3) is 0.154. The highest BCUT2D eigenvalue weighted by Gasteiger charge is 2.18. The summed E-state index contributed by atoms with van der Waals surface area (Å²) in [5.41, 5.74) is 3.76. The van der Waals surface area contributed by atoms with Gasteiger partial charge in [0.2, 0.25) is 0 Å². The molecule has 7 nitrogen and oxygen atoms in total. The predicted molar refractivity (Wildman–Crippen MR) is 131 cm³/mol. The highest BCUT2D eigenvalue weighted by atomic mass is 32.2. The van der Waals surface area contributed by atoms with Crippen LogP contribution in [0.1, 0.15) is 26.5 Å². The summed E-state index contributed by atoms with van der Waals surface area (Å²) in [5.74, 6) is 1.33. The zero-order valence-corrected chi connectivity index (χ0v) is 19.1. The fourth-order valence-electron chi connectivity index (χ4n) is 3.34. The Morgan fingerprint density at radius 3 is 2.41 bits per heavy atom. The van der Waals surface area contributed by atoms with E-state index in [1.165, 1.54) is 5.56 Å². The molecule has 0 radical (unpaired) electrons. The molecule has 0 fully saturated rings. The van der Waals surface area contributed by atoms with E-state index in [1.54, 1.807) is 47.6 Å². The predicted octanol–water partition coefficient (Wildman–Crippen LogP) is 4.66. The summed E-state index contributed by atoms with van der Waals surface area (Å²) >= 11 is 1.70. The van der Waals surface area contributed by atoms with E-state index >= 15 is 0 Å². The zero-order chi connectivity index (χ0) is 23.8. The van der Waals surface area contributed by atoms with E-state index in [9.17, 15) is 9.59 Å². The maximum absolute atomic E-state index is 12.9. The molecule has 0 saturated heterocycles. The Morgan fingerprint density at radius 2 is 1.68 bits per heavy atom. The minimum absolute atomic E-state index is 0.235. The average molecular weight is 477 g/mol. The summed E-state index contributed by atoms with van der Waals surface area (Å²) < 4.78 is 11.6. The summed E-state index contributed by atoms with van der Waals surface area (Å²) in [4.78, 5) is 24.4. The Labute approximate surface area is 201 Å². The van der Waals surface area contributed by atoms with E-state index in [1.807, 2.05) is 42.5 Å². The van der Waals surface area contributed by atoms with Crippen LogP contribution in [0.3, 0.4) is 0 Å². The highest BCUT2D eigenvalue weighted by molar-refractivity contribution is 7.98. The maximum atomic E-state index is 12.9. The molecule has 0 bridgehead atoms. The molecule has 1 atom stereocenters. The normalized spacial score (nSPS) is 11.7. The number of hydrogen-bond acceptors (Lipinski definition) is 6. The number of hydroxylamine groups is 1. The monoisotopic (exact) mass is 476 g/mol. The molecule has 3 aromatic carbocycles. The summed E-state index contributed by atoms with van der Waals surface area (Å²) in [6, 6.07) is 25.4. The number of rotatable bonds is 10. The van der Waals surface area contributed by atoms with Gasteiger partial charge in [-0.05, 0) is 42.0 Å². The maximum Gasteiger partial charge on any atom is 0.287 e. The first-order valence-electron chi connectivity index (χ1n) is 10.7. The number of ether oxygens (including phenoxy) is 1. The second kappa shape index (κ2) is 11.4. The molecule has 4 rings (SSSR count). The molecule has 0 unspecified atom stereocenters. The van der Waals surface area contributed by atoms with Crippen molar-refractivity contribution in [2.75, 3.05) is 12.4 Å². The minimum Gasteiger partial charge on any atom is -0.491 e. The molecular weight excluding hydrogens is 452 g/mol. The van der Waals surface area contributed by atoms with Gasteiger partial charge in [-0.3, -0.25) is 14.8 Å². The number of para-hydroxylation sites is 1. The molecule has 34 heavy (non-hydrogen) atoms. The van der Waals surface area contributed by atoms with Gasteiger partial charge in [0, 0.05) is 22.5 Å². The van der Waals surface area contributed by atoms with E-state index in [-0.39, 0.29) is 24.3 Å². The molecule has 3 N–H and O–H groups in total. The van der Waals surface area contributed by atoms with E-state index < -0.39 is 5.91 Å². The summed E-state index contributed by atoms with van der Waals surface area (Å²) in [5, 5.41) is 12.6. The molecule has 4 aromatic rings. The first kappa shape index (κ1) is 23.4. The minimum atomic E-state index is -0.597. The van der Waals surface area contributed by atoms with Crippen molar-refractivity contribution in [3.05, 3.63) is 102 Å². The Bertz CT molecular complexity index is 1210. The molecule has 174 valence electrons. The van der Waals surface area contributed by atoms with E-state index in [0.29, 0.717) is 22.6 Å². The van der Waals surface area contributed by atoms with Crippen LogP contribution in [0.2, 0.25) is 0 Å². The molecule has 0 aliphatic heterocycles. The Morgan fingerprint density at radius 1 is 0.941 bits per heavy atom. The van der Waals surface area contributed by atoms with Crippen LogP contribution in [0.4, 0.5) is 0 Å². The first-order chi connectivity index (χ1) is 16.6. The molecule has 0 aliphatic carbocycles. The van der Waals surface area contributed by atoms with Gasteiger partial charge in [-0.25, -0.2) is 5.48 Å². The number of carbonyl (C=O) groups is 2. The fourth-order valence-corrected chi connectivity index (χ4v) is 4.35. The summed E-state index contributed by atoms with van der Waals surface area (Å²) in [6.07, 6.45) is 0. The Hall–Kier alpha value is -3.75. The third kappa shape index (κ3) is 6.18. The Kier molecular flexibility index (Phi) is 7.85. The van der Waals surface area contributed by atoms with Crippen LogP contribution in [-0.4, -0.2) is 35.4 Å². The van der Waals surface area contributed by atoms with Crippen molar-refractivity contribution >= 4 is 34.5 Å². The van der Waals surface area contributed by atoms with Gasteiger partial charge in [0.05, 0.1) is 6.04 Å². The van der Waals surface area contributed by atoms with Crippen molar-refractivity contribution < 1.29 is 24.0 Å². The standard InChI is InChI=1S/C26H24N2O5S/c29-25(28-31)19-10-12-22(13-11-19)32-15-21(17-34-16-18-6-2-1-3-7-18)27-26(30)24-14-20-8-4-5-9-23(20)33-24/h1-14,21,31H,15-17H2,(H,27,30)(H,28,29)/t21-/m1/s1. The number of thioether (sulfide) groups is 1. The van der Waals surface area contributed by atoms with Gasteiger partial charge in [-0.1, -0.05) is 48.5 Å². The van der Waals surface area contributed by atoms with Crippen molar-refractivity contribution in [2.24, 2.45) is 0 Å². The van der Waals surface area contributed by atoms with Crippen molar-refractivity contribution in [2.45, 2.75) is 11.8 Å². The number of amides is 2. The van der Waals surface area contributed by atoms with Crippen LogP contribution < -0.4 is 15.5 Å². The van der Waals surface area contributed by atoms with Crippen molar-refractivity contribution in [1.29, 1.82) is 0 Å². The van der Waals surface area contributed by atoms with Crippen LogP contribution in [0.15, 0.2) is 89.3 Å². The quantitative estimate of drug-likeness (QED) is 0.227. The van der Waals surface area contributed by atoms with Gasteiger partial charge in [0.1, 0.15) is 17.9 Å². The lowest BCUT2D eigenvalue weighted by molar-refractivity contribution is 0.0706. The van der Waals surface area contributed by atoms with Crippen molar-refractivity contribution in [3.63, 3.8) is 0 Å².